The fraction of sp³-hybridized carbons (Fsp3) is 0.158. The first-order valence-corrected chi connectivity index (χ1v) is 8.67. The summed E-state index contributed by atoms with van der Waals surface area (Å²) in [5.41, 5.74) is -0.154. The van der Waals surface area contributed by atoms with E-state index in [-0.39, 0.29) is 16.8 Å². The van der Waals surface area contributed by atoms with Crippen molar-refractivity contribution in [2.75, 3.05) is 6.54 Å². The Kier molecular flexibility index (Phi) is 5.42. The number of carboxylic acids is 1. The van der Waals surface area contributed by atoms with E-state index in [2.05, 4.69) is 0 Å². The second-order valence-electron chi connectivity index (χ2n) is 6.32. The molecule has 0 radical (unpaired) electrons. The van der Waals surface area contributed by atoms with Crippen molar-refractivity contribution in [2.24, 2.45) is 5.92 Å². The number of non-ortho nitro benzene ring substituents is 1. The number of ketones is 2. The number of Topliss-reactive ketones (excluding diaryl/α,β-unsaturated/α-hetero) is 2. The molecule has 2 unspecified atom stereocenters. The summed E-state index contributed by atoms with van der Waals surface area (Å²) in [6.45, 7) is -0.942. The van der Waals surface area contributed by atoms with Crippen LogP contribution in [-0.4, -0.2) is 39.8 Å². The Bertz CT molecular complexity index is 1040. The van der Waals surface area contributed by atoms with E-state index >= 15 is 0 Å². The first kappa shape index (κ1) is 20.2. The van der Waals surface area contributed by atoms with Crippen molar-refractivity contribution in [3.8, 4) is 0 Å². The lowest BCUT2D eigenvalue weighted by atomic mass is 9.86. The predicted octanol–water partition coefficient (Wildman–Crippen LogP) is 0.950. The summed E-state index contributed by atoms with van der Waals surface area (Å²) in [4.78, 5) is 60.3. The number of hydrogen-bond acceptors (Lipinski definition) is 7. The predicted molar refractivity (Wildman–Crippen MR) is 96.8 cm³/mol. The minimum atomic E-state index is -1.64. The van der Waals surface area contributed by atoms with Crippen LogP contribution in [0.3, 0.4) is 0 Å². The van der Waals surface area contributed by atoms with Gasteiger partial charge in [-0.2, -0.15) is 0 Å². The Morgan fingerprint density at radius 2 is 1.76 bits per heavy atom. The van der Waals surface area contributed by atoms with Gasteiger partial charge < -0.3 is 14.8 Å². The molecule has 9 nitrogen and oxygen atoms in total. The molecule has 2 aromatic rings. The second kappa shape index (κ2) is 7.80. The van der Waals surface area contributed by atoms with Crippen LogP contribution in [0.1, 0.15) is 22.0 Å². The molecule has 0 N–H and O–H groups in total. The Morgan fingerprint density at radius 3 is 2.34 bits per heavy atom. The summed E-state index contributed by atoms with van der Waals surface area (Å²) < 4.78 is 0. The molecule has 1 amide bonds. The third kappa shape index (κ3) is 3.85. The lowest BCUT2D eigenvalue weighted by molar-refractivity contribution is -0.385. The van der Waals surface area contributed by atoms with Crippen molar-refractivity contribution in [1.29, 1.82) is 0 Å². The van der Waals surface area contributed by atoms with E-state index in [1.165, 1.54) is 42.5 Å². The normalized spacial score (nSPS) is 18.7. The van der Waals surface area contributed by atoms with E-state index in [0.717, 1.165) is 6.07 Å². The number of nitrogens with zero attached hydrogens (tertiary/aromatic N) is 2. The molecule has 1 fully saturated rings. The highest BCUT2D eigenvalue weighted by Gasteiger charge is 2.51. The molecular formula is C19H12ClN2O7-. The van der Waals surface area contributed by atoms with Crippen LogP contribution in [0.5, 0.6) is 0 Å². The first-order chi connectivity index (χ1) is 13.7. The Hall–Kier alpha value is -3.59. The average molecular weight is 416 g/mol. The number of benzene rings is 2. The zero-order valence-corrected chi connectivity index (χ0v) is 15.4. The molecule has 0 spiro atoms. The van der Waals surface area contributed by atoms with Gasteiger partial charge in [-0.05, 0) is 29.8 Å². The highest BCUT2D eigenvalue weighted by Crippen LogP contribution is 2.39. The number of hydrogen-bond donors (Lipinski definition) is 0. The zero-order valence-electron chi connectivity index (χ0n) is 14.6. The number of carboxylic acid groups (broad SMARTS) is 1. The molecule has 1 heterocycles. The molecule has 3 rings (SSSR count). The van der Waals surface area contributed by atoms with Gasteiger partial charge in [-0.1, -0.05) is 23.7 Å². The number of nitro groups is 1. The lowest BCUT2D eigenvalue weighted by Gasteiger charge is -2.27. The molecule has 0 aliphatic carbocycles. The second-order valence-corrected chi connectivity index (χ2v) is 6.75. The highest BCUT2D eigenvalue weighted by molar-refractivity contribution is 6.44. The summed E-state index contributed by atoms with van der Waals surface area (Å²) in [5, 5.41) is 22.6. The molecule has 0 saturated carbocycles. The van der Waals surface area contributed by atoms with E-state index in [1.807, 2.05) is 0 Å². The summed E-state index contributed by atoms with van der Waals surface area (Å²) in [7, 11) is 0. The van der Waals surface area contributed by atoms with Crippen molar-refractivity contribution in [3.63, 3.8) is 0 Å². The summed E-state index contributed by atoms with van der Waals surface area (Å²) in [5.74, 6) is -6.19. The molecule has 1 aliphatic heterocycles. The quantitative estimate of drug-likeness (QED) is 0.225. The number of likely N-dealkylation sites (tertiary alicyclic amines) is 1. The van der Waals surface area contributed by atoms with Gasteiger partial charge in [0.05, 0.1) is 23.5 Å². The van der Waals surface area contributed by atoms with E-state index in [9.17, 15) is 34.4 Å². The van der Waals surface area contributed by atoms with Crippen LogP contribution in [-0.2, 0) is 14.4 Å². The molecule has 0 aromatic heterocycles. The van der Waals surface area contributed by atoms with Gasteiger partial charge in [-0.15, -0.1) is 0 Å². The van der Waals surface area contributed by atoms with Crippen LogP contribution in [0.2, 0.25) is 5.02 Å². The van der Waals surface area contributed by atoms with Crippen molar-refractivity contribution >= 4 is 40.7 Å². The fourth-order valence-electron chi connectivity index (χ4n) is 3.28. The highest BCUT2D eigenvalue weighted by atomic mass is 35.5. The minimum absolute atomic E-state index is 0.0891. The summed E-state index contributed by atoms with van der Waals surface area (Å²) >= 11 is 5.80. The van der Waals surface area contributed by atoms with Crippen LogP contribution in [0.15, 0.2) is 48.5 Å². The molecule has 29 heavy (non-hydrogen) atoms. The summed E-state index contributed by atoms with van der Waals surface area (Å²) in [6, 6.07) is 9.27. The van der Waals surface area contributed by atoms with Gasteiger partial charge in [0.2, 0.25) is 5.78 Å². The number of carbonyl (C=O) groups is 4. The smallest absolute Gasteiger partial charge is 0.291 e. The van der Waals surface area contributed by atoms with E-state index in [0.29, 0.717) is 9.92 Å². The number of rotatable bonds is 6. The fourth-order valence-corrected chi connectivity index (χ4v) is 3.41. The Morgan fingerprint density at radius 1 is 1.10 bits per heavy atom. The number of halogens is 1. The maximum Gasteiger partial charge on any atom is 0.291 e. The summed E-state index contributed by atoms with van der Waals surface area (Å²) in [6.07, 6.45) is 0. The van der Waals surface area contributed by atoms with Crippen LogP contribution in [0.4, 0.5) is 5.69 Å². The first-order valence-electron chi connectivity index (χ1n) is 8.29. The van der Waals surface area contributed by atoms with Crippen molar-refractivity contribution in [3.05, 3.63) is 74.8 Å². The average Bonchev–Trinajstić information content (AvgIpc) is 2.92. The molecular weight excluding hydrogens is 404 g/mol. The van der Waals surface area contributed by atoms with Crippen molar-refractivity contribution in [2.45, 2.75) is 6.04 Å². The van der Waals surface area contributed by atoms with Gasteiger partial charge in [0.25, 0.3) is 11.6 Å². The number of aliphatic carboxylic acids is 1. The molecule has 2 aromatic carbocycles. The molecule has 10 heteroatoms. The van der Waals surface area contributed by atoms with Gasteiger partial charge in [0.1, 0.15) is 5.92 Å². The van der Waals surface area contributed by atoms with Gasteiger partial charge in [-0.25, -0.2) is 0 Å². The van der Waals surface area contributed by atoms with Crippen molar-refractivity contribution in [1.82, 2.24) is 4.90 Å². The maximum atomic E-state index is 13.0. The van der Waals surface area contributed by atoms with Gasteiger partial charge in [-0.3, -0.25) is 24.5 Å². The van der Waals surface area contributed by atoms with Crippen LogP contribution < -0.4 is 5.11 Å². The Labute approximate surface area is 168 Å². The van der Waals surface area contributed by atoms with E-state index in [1.54, 1.807) is 0 Å². The van der Waals surface area contributed by atoms with Crippen molar-refractivity contribution < 1.29 is 29.2 Å². The van der Waals surface area contributed by atoms with Crippen LogP contribution in [0, 0.1) is 16.0 Å². The molecule has 148 valence electrons. The third-order valence-corrected chi connectivity index (χ3v) is 4.79. The lowest BCUT2D eigenvalue weighted by Crippen LogP contribution is -2.41. The number of nitro benzene ring substituents is 1. The molecule has 0 bridgehead atoms. The Balaban J connectivity index is 2.12. The topological polar surface area (TPSA) is 138 Å². The van der Waals surface area contributed by atoms with E-state index < -0.39 is 46.9 Å². The maximum absolute atomic E-state index is 13.0. The van der Waals surface area contributed by atoms with Crippen LogP contribution >= 0.6 is 11.6 Å². The van der Waals surface area contributed by atoms with Gasteiger partial charge in [0.15, 0.2) is 5.78 Å². The third-order valence-electron chi connectivity index (χ3n) is 4.54. The van der Waals surface area contributed by atoms with Gasteiger partial charge in [0, 0.05) is 22.7 Å². The number of carbonyl (C=O) groups excluding carboxylic acids is 4. The molecule has 2 atom stereocenters. The minimum Gasteiger partial charge on any atom is -0.548 e. The standard InChI is InChI=1S/C19H13ClN2O7/c20-12-6-4-10(5-7-12)17(25)15-16(11-2-1-3-13(8-11)22(28)29)21(9-14(23)24)19(27)18(15)26/h1-8,15-16H,9H2,(H,23,24)/p-1. The molecule has 1 aliphatic rings. The van der Waals surface area contributed by atoms with Gasteiger partial charge >= 0.3 is 0 Å². The van der Waals surface area contributed by atoms with Crippen LogP contribution in [0.25, 0.3) is 0 Å². The zero-order chi connectivity index (χ0) is 21.3. The largest absolute Gasteiger partial charge is 0.548 e. The monoisotopic (exact) mass is 415 g/mol. The molecule has 1 saturated heterocycles. The van der Waals surface area contributed by atoms with E-state index in [4.69, 9.17) is 11.6 Å². The SMILES string of the molecule is O=C([O-])CN1C(=O)C(=O)C(C(=O)c2ccc(Cl)cc2)C1c1cccc([N+](=O)[O-])c1. The number of amides is 1.